The minimum absolute atomic E-state index is 0.000882. The molecule has 0 amide bonds. The first-order valence-electron chi connectivity index (χ1n) is 9.86. The molecule has 0 fully saturated rings. The fourth-order valence-electron chi connectivity index (χ4n) is 4.45. The van der Waals surface area contributed by atoms with Crippen molar-refractivity contribution in [1.29, 1.82) is 0 Å². The van der Waals surface area contributed by atoms with Gasteiger partial charge in [-0.1, -0.05) is 35.9 Å². The molecule has 3 aromatic rings. The summed E-state index contributed by atoms with van der Waals surface area (Å²) < 4.78 is 29.6. The molecule has 152 valence electrons. The van der Waals surface area contributed by atoms with Crippen LogP contribution < -0.4 is 5.32 Å². The first kappa shape index (κ1) is 18.7. The van der Waals surface area contributed by atoms with Crippen molar-refractivity contribution in [2.45, 2.75) is 32.2 Å². The predicted octanol–water partition coefficient (Wildman–Crippen LogP) is 4.44. The second kappa shape index (κ2) is 6.86. The quantitative estimate of drug-likeness (QED) is 0.683. The van der Waals surface area contributed by atoms with Crippen molar-refractivity contribution in [3.8, 4) is 0 Å². The van der Waals surface area contributed by atoms with Crippen LogP contribution in [0.4, 0.5) is 14.7 Å². The van der Waals surface area contributed by atoms with Gasteiger partial charge in [0, 0.05) is 24.1 Å². The molecule has 1 aromatic heterocycles. The molecule has 30 heavy (non-hydrogen) atoms. The van der Waals surface area contributed by atoms with E-state index in [-0.39, 0.29) is 11.7 Å². The standard InChI is InChI=1S/C23H20F2N4O/c1-12-3-5-14(6-4-12)15-9-19-21(20(30)10-15)22(16-7-17(24)11-18(25)8-16)29-23(27-19)26-13(2)28-29/h3-9,11,15,21-22H,10H2,1-2H3,(H,26,27,28)/t15-,21+,22+/m0/s1. The van der Waals surface area contributed by atoms with Crippen molar-refractivity contribution < 1.29 is 13.6 Å². The molecule has 5 rings (SSSR count). The monoisotopic (exact) mass is 406 g/mol. The molecule has 3 atom stereocenters. The number of hydrogen-bond acceptors (Lipinski definition) is 4. The average Bonchev–Trinajstić information content (AvgIpc) is 3.05. The Balaban J connectivity index is 1.64. The summed E-state index contributed by atoms with van der Waals surface area (Å²) in [4.78, 5) is 17.7. The van der Waals surface area contributed by atoms with Crippen LogP contribution in [0.5, 0.6) is 0 Å². The van der Waals surface area contributed by atoms with Crippen LogP contribution in [0.1, 0.15) is 40.9 Å². The molecule has 1 aliphatic carbocycles. The number of anilines is 1. The predicted molar refractivity (Wildman–Crippen MR) is 108 cm³/mol. The van der Waals surface area contributed by atoms with E-state index in [4.69, 9.17) is 0 Å². The van der Waals surface area contributed by atoms with E-state index in [2.05, 4.69) is 15.4 Å². The molecule has 0 saturated heterocycles. The summed E-state index contributed by atoms with van der Waals surface area (Å²) in [7, 11) is 0. The van der Waals surface area contributed by atoms with E-state index in [9.17, 15) is 13.6 Å². The highest BCUT2D eigenvalue weighted by Gasteiger charge is 2.43. The number of benzene rings is 2. The zero-order valence-electron chi connectivity index (χ0n) is 16.6. The molecular weight excluding hydrogens is 386 g/mol. The number of rotatable bonds is 2. The van der Waals surface area contributed by atoms with Gasteiger partial charge in [-0.25, -0.2) is 13.5 Å². The van der Waals surface area contributed by atoms with E-state index in [0.29, 0.717) is 29.5 Å². The molecule has 2 aliphatic rings. The number of fused-ring (bicyclic) bond motifs is 2. The maximum atomic E-state index is 14.0. The summed E-state index contributed by atoms with van der Waals surface area (Å²) in [6.07, 6.45) is 2.35. The number of halogens is 2. The topological polar surface area (TPSA) is 59.8 Å². The van der Waals surface area contributed by atoms with E-state index < -0.39 is 23.6 Å². The Hall–Kier alpha value is -3.35. The number of aryl methyl sites for hydroxylation is 2. The second-order valence-corrected chi connectivity index (χ2v) is 7.99. The third-order valence-corrected chi connectivity index (χ3v) is 5.79. The first-order valence-corrected chi connectivity index (χ1v) is 9.86. The van der Waals surface area contributed by atoms with E-state index in [1.54, 1.807) is 11.6 Å². The Bertz CT molecular complexity index is 1160. The molecule has 0 saturated carbocycles. The Morgan fingerprint density at radius 2 is 1.73 bits per heavy atom. The summed E-state index contributed by atoms with van der Waals surface area (Å²) in [6.45, 7) is 3.76. The average molecular weight is 406 g/mol. The van der Waals surface area contributed by atoms with Gasteiger partial charge in [-0.15, -0.1) is 0 Å². The summed E-state index contributed by atoms with van der Waals surface area (Å²) in [5, 5.41) is 7.63. The van der Waals surface area contributed by atoms with Gasteiger partial charge in [-0.2, -0.15) is 10.1 Å². The number of carbonyl (C=O) groups excluding carboxylic acids is 1. The van der Waals surface area contributed by atoms with E-state index in [0.717, 1.165) is 17.2 Å². The Labute approximate surface area is 172 Å². The minimum atomic E-state index is -0.687. The molecule has 0 radical (unpaired) electrons. The Morgan fingerprint density at radius 3 is 2.43 bits per heavy atom. The lowest BCUT2D eigenvalue weighted by molar-refractivity contribution is -0.123. The maximum absolute atomic E-state index is 14.0. The Morgan fingerprint density at radius 1 is 1.03 bits per heavy atom. The van der Waals surface area contributed by atoms with Crippen molar-refractivity contribution in [3.63, 3.8) is 0 Å². The molecule has 1 N–H and O–H groups in total. The molecule has 0 unspecified atom stereocenters. The molecule has 2 aromatic carbocycles. The van der Waals surface area contributed by atoms with Crippen LogP contribution in [0.3, 0.4) is 0 Å². The first-order chi connectivity index (χ1) is 14.4. The van der Waals surface area contributed by atoms with E-state index >= 15 is 0 Å². The highest BCUT2D eigenvalue weighted by molar-refractivity contribution is 5.88. The third kappa shape index (κ3) is 3.10. The lowest BCUT2D eigenvalue weighted by Crippen LogP contribution is -2.40. The third-order valence-electron chi connectivity index (χ3n) is 5.79. The fraction of sp³-hybridized carbons (Fsp3) is 0.261. The van der Waals surface area contributed by atoms with Crippen LogP contribution in [-0.4, -0.2) is 20.5 Å². The van der Waals surface area contributed by atoms with Crippen LogP contribution in [0.15, 0.2) is 54.2 Å². The van der Waals surface area contributed by atoms with Gasteiger partial charge in [0.15, 0.2) is 0 Å². The summed E-state index contributed by atoms with van der Waals surface area (Å²) in [6, 6.07) is 10.8. The summed E-state index contributed by atoms with van der Waals surface area (Å²) in [5.41, 5.74) is 3.27. The number of allylic oxidation sites excluding steroid dienone is 2. The molecular formula is C23H20F2N4O. The molecule has 2 heterocycles. The lowest BCUT2D eigenvalue weighted by atomic mass is 9.75. The van der Waals surface area contributed by atoms with Gasteiger partial charge in [0.05, 0.1) is 12.0 Å². The molecule has 0 spiro atoms. The minimum Gasteiger partial charge on any atom is -0.328 e. The normalized spacial score (nSPS) is 22.7. The Kier molecular flexibility index (Phi) is 4.27. The fourth-order valence-corrected chi connectivity index (χ4v) is 4.45. The van der Waals surface area contributed by atoms with Crippen molar-refractivity contribution in [1.82, 2.24) is 14.8 Å². The number of nitrogens with zero attached hydrogens (tertiary/aromatic N) is 3. The number of hydrogen-bond donors (Lipinski definition) is 1. The number of carbonyl (C=O) groups is 1. The van der Waals surface area contributed by atoms with Gasteiger partial charge in [-0.05, 0) is 37.1 Å². The van der Waals surface area contributed by atoms with Crippen molar-refractivity contribution in [2.75, 3.05) is 5.32 Å². The lowest BCUT2D eigenvalue weighted by Gasteiger charge is -2.38. The van der Waals surface area contributed by atoms with Gasteiger partial charge < -0.3 is 5.32 Å². The van der Waals surface area contributed by atoms with Gasteiger partial charge in [0.25, 0.3) is 0 Å². The van der Waals surface area contributed by atoms with Crippen LogP contribution in [0.2, 0.25) is 0 Å². The highest BCUT2D eigenvalue weighted by Crippen LogP contribution is 2.44. The SMILES string of the molecule is Cc1ccc([C@H]2C=C3Nc4nc(C)nn4[C@H](c4cc(F)cc(F)c4)[C@H]3C(=O)C2)cc1. The highest BCUT2D eigenvalue weighted by atomic mass is 19.1. The smallest absolute Gasteiger partial charge is 0.226 e. The van der Waals surface area contributed by atoms with Crippen LogP contribution in [0, 0.1) is 31.4 Å². The summed E-state index contributed by atoms with van der Waals surface area (Å²) >= 11 is 0. The van der Waals surface area contributed by atoms with Gasteiger partial charge in [0.2, 0.25) is 5.95 Å². The summed E-state index contributed by atoms with van der Waals surface area (Å²) in [5.74, 6) is -1.08. The zero-order valence-corrected chi connectivity index (χ0v) is 16.6. The molecule has 1 aliphatic heterocycles. The van der Waals surface area contributed by atoms with Gasteiger partial charge >= 0.3 is 0 Å². The second-order valence-electron chi connectivity index (χ2n) is 7.99. The van der Waals surface area contributed by atoms with E-state index in [1.807, 2.05) is 37.3 Å². The van der Waals surface area contributed by atoms with Gasteiger partial charge in [0.1, 0.15) is 23.2 Å². The number of ketones is 1. The van der Waals surface area contributed by atoms with Crippen molar-refractivity contribution in [3.05, 3.63) is 88.4 Å². The maximum Gasteiger partial charge on any atom is 0.226 e. The van der Waals surface area contributed by atoms with Crippen LogP contribution in [-0.2, 0) is 4.79 Å². The largest absolute Gasteiger partial charge is 0.328 e. The van der Waals surface area contributed by atoms with Gasteiger partial charge in [-0.3, -0.25) is 4.79 Å². The molecule has 0 bridgehead atoms. The van der Waals surface area contributed by atoms with E-state index in [1.165, 1.54) is 12.1 Å². The number of aromatic nitrogens is 3. The number of Topliss-reactive ketones (excluding diaryl/α,β-unsaturated/α-hetero) is 1. The zero-order chi connectivity index (χ0) is 21.0. The van der Waals surface area contributed by atoms with Crippen LogP contribution >= 0.6 is 0 Å². The number of nitrogens with one attached hydrogen (secondary N) is 1. The molecule has 5 nitrogen and oxygen atoms in total. The van der Waals surface area contributed by atoms with Crippen molar-refractivity contribution >= 4 is 11.7 Å². The van der Waals surface area contributed by atoms with Crippen molar-refractivity contribution in [2.24, 2.45) is 5.92 Å². The van der Waals surface area contributed by atoms with Crippen LogP contribution in [0.25, 0.3) is 0 Å². The molecule has 7 heteroatoms.